The lowest BCUT2D eigenvalue weighted by Gasteiger charge is -2.25. The van der Waals surface area contributed by atoms with Crippen LogP contribution in [0.1, 0.15) is 28.4 Å². The van der Waals surface area contributed by atoms with E-state index in [9.17, 15) is 0 Å². The van der Waals surface area contributed by atoms with Gasteiger partial charge < -0.3 is 14.2 Å². The summed E-state index contributed by atoms with van der Waals surface area (Å²) in [6.07, 6.45) is 11.5. The molecule has 3 heterocycles. The molecule has 0 spiro atoms. The number of para-hydroxylation sites is 1. The van der Waals surface area contributed by atoms with Crippen LogP contribution in [0, 0.1) is 0 Å². The van der Waals surface area contributed by atoms with E-state index < -0.39 is 0 Å². The average Bonchev–Trinajstić information content (AvgIpc) is 2.82. The van der Waals surface area contributed by atoms with Crippen LogP contribution in [0.5, 0.6) is 11.5 Å². The van der Waals surface area contributed by atoms with E-state index in [-0.39, 0.29) is 6.10 Å². The minimum Gasteiger partial charge on any atom is -0.488 e. The van der Waals surface area contributed by atoms with Crippen molar-refractivity contribution in [2.24, 2.45) is 0 Å². The van der Waals surface area contributed by atoms with Gasteiger partial charge in [0.2, 0.25) is 0 Å². The first kappa shape index (κ1) is 17.2. The lowest BCUT2D eigenvalue weighted by molar-refractivity contribution is 0.237. The van der Waals surface area contributed by atoms with Crippen molar-refractivity contribution < 1.29 is 14.2 Å². The summed E-state index contributed by atoms with van der Waals surface area (Å²) < 4.78 is 18.2. The molecule has 0 aromatic heterocycles. The van der Waals surface area contributed by atoms with Crippen LogP contribution in [0.4, 0.5) is 0 Å². The average molecular weight is 392 g/mol. The molecule has 3 aromatic rings. The molecule has 0 bridgehead atoms. The molecule has 146 valence electrons. The van der Waals surface area contributed by atoms with Gasteiger partial charge in [-0.3, -0.25) is 0 Å². The van der Waals surface area contributed by atoms with Crippen molar-refractivity contribution in [1.82, 2.24) is 0 Å². The quantitative estimate of drug-likeness (QED) is 0.647. The summed E-state index contributed by atoms with van der Waals surface area (Å²) in [6, 6.07) is 20.8. The molecular formula is C27H20O3. The summed E-state index contributed by atoms with van der Waals surface area (Å²) in [5.41, 5.74) is 4.43. The Hall–Kier alpha value is -3.72. The fourth-order valence-corrected chi connectivity index (χ4v) is 4.21. The van der Waals surface area contributed by atoms with Gasteiger partial charge in [-0.2, -0.15) is 0 Å². The van der Waals surface area contributed by atoms with Crippen LogP contribution in [0.3, 0.4) is 0 Å². The first-order valence-electron chi connectivity index (χ1n) is 10.2. The molecule has 0 N–H and O–H groups in total. The standard InChI is InChI=1S/C27H20O3/c1-2-6-22-17-29-26(15-20(22)5-1)23-9-3-7-19-12-13-24(30-27(19)23)21-11-10-18-8-4-14-28-25(18)16-21/h1-7,9-11,13-17,26H,8,12H2. The zero-order valence-corrected chi connectivity index (χ0v) is 16.4. The molecular weight excluding hydrogens is 372 g/mol. The maximum absolute atomic E-state index is 6.45. The van der Waals surface area contributed by atoms with E-state index in [2.05, 4.69) is 66.7 Å². The van der Waals surface area contributed by atoms with Crippen molar-refractivity contribution in [2.75, 3.05) is 0 Å². The zero-order chi connectivity index (χ0) is 19.9. The third kappa shape index (κ3) is 2.91. The van der Waals surface area contributed by atoms with Crippen molar-refractivity contribution in [1.29, 1.82) is 0 Å². The van der Waals surface area contributed by atoms with Crippen LogP contribution in [0.25, 0.3) is 18.1 Å². The van der Waals surface area contributed by atoms with Gasteiger partial charge in [0, 0.05) is 16.3 Å². The van der Waals surface area contributed by atoms with Crippen molar-refractivity contribution >= 4 is 18.1 Å². The Balaban J connectivity index is 1.36. The predicted octanol–water partition coefficient (Wildman–Crippen LogP) is 4.40. The number of hydrogen-bond donors (Lipinski definition) is 0. The lowest BCUT2D eigenvalue weighted by Crippen LogP contribution is -2.29. The minimum absolute atomic E-state index is 0.175. The molecule has 0 saturated heterocycles. The molecule has 30 heavy (non-hydrogen) atoms. The third-order valence-corrected chi connectivity index (χ3v) is 5.80. The maximum Gasteiger partial charge on any atom is 0.146 e. The highest BCUT2D eigenvalue weighted by atomic mass is 16.5. The first-order valence-corrected chi connectivity index (χ1v) is 10.2. The summed E-state index contributed by atoms with van der Waals surface area (Å²) in [5, 5.41) is 2.28. The van der Waals surface area contributed by atoms with Crippen molar-refractivity contribution in [2.45, 2.75) is 18.9 Å². The molecule has 0 saturated carbocycles. The fraction of sp³-hybridized carbons (Fsp3) is 0.111. The zero-order valence-electron chi connectivity index (χ0n) is 16.4. The van der Waals surface area contributed by atoms with E-state index in [4.69, 9.17) is 14.2 Å². The Bertz CT molecular complexity index is 1330. The van der Waals surface area contributed by atoms with Crippen LogP contribution in [-0.2, 0) is 17.6 Å². The minimum atomic E-state index is -0.175. The Morgan fingerprint density at radius 2 is 1.77 bits per heavy atom. The van der Waals surface area contributed by atoms with Gasteiger partial charge in [0.15, 0.2) is 0 Å². The first-order chi connectivity index (χ1) is 14.8. The van der Waals surface area contributed by atoms with Crippen LogP contribution < -0.4 is 19.9 Å². The Kier molecular flexibility index (Phi) is 3.98. The second kappa shape index (κ2) is 6.96. The van der Waals surface area contributed by atoms with E-state index >= 15 is 0 Å². The number of ether oxygens (including phenoxy) is 3. The van der Waals surface area contributed by atoms with Crippen LogP contribution in [-0.4, -0.2) is 0 Å². The molecule has 3 heteroatoms. The van der Waals surface area contributed by atoms with E-state index in [0.29, 0.717) is 0 Å². The third-order valence-electron chi connectivity index (χ3n) is 5.80. The molecule has 1 unspecified atom stereocenters. The summed E-state index contributed by atoms with van der Waals surface area (Å²) in [6.45, 7) is 0. The van der Waals surface area contributed by atoms with Crippen molar-refractivity contribution in [3.63, 3.8) is 0 Å². The Morgan fingerprint density at radius 3 is 2.73 bits per heavy atom. The molecule has 3 aromatic carbocycles. The van der Waals surface area contributed by atoms with Gasteiger partial charge in [0.25, 0.3) is 0 Å². The topological polar surface area (TPSA) is 27.7 Å². The van der Waals surface area contributed by atoms with Gasteiger partial charge in [-0.25, -0.2) is 0 Å². The molecule has 0 fully saturated rings. The molecule has 0 aliphatic carbocycles. The number of fused-ring (bicyclic) bond motifs is 3. The van der Waals surface area contributed by atoms with E-state index in [1.165, 1.54) is 16.3 Å². The monoisotopic (exact) mass is 392 g/mol. The number of benzene rings is 3. The maximum atomic E-state index is 6.45. The van der Waals surface area contributed by atoms with Crippen LogP contribution >= 0.6 is 0 Å². The van der Waals surface area contributed by atoms with Gasteiger partial charge >= 0.3 is 0 Å². The second-order valence-corrected chi connectivity index (χ2v) is 7.70. The summed E-state index contributed by atoms with van der Waals surface area (Å²) in [4.78, 5) is 0. The van der Waals surface area contributed by atoms with Gasteiger partial charge in [-0.15, -0.1) is 0 Å². The molecule has 6 rings (SSSR count). The highest BCUT2D eigenvalue weighted by molar-refractivity contribution is 5.69. The summed E-state index contributed by atoms with van der Waals surface area (Å²) in [7, 11) is 0. The second-order valence-electron chi connectivity index (χ2n) is 7.70. The number of rotatable bonds is 2. The van der Waals surface area contributed by atoms with E-state index in [0.717, 1.165) is 46.4 Å². The van der Waals surface area contributed by atoms with E-state index in [1.54, 1.807) is 6.26 Å². The molecule has 0 amide bonds. The summed E-state index contributed by atoms with van der Waals surface area (Å²) >= 11 is 0. The highest BCUT2D eigenvalue weighted by Gasteiger charge is 2.23. The Labute approximate surface area is 174 Å². The van der Waals surface area contributed by atoms with Gasteiger partial charge in [0.05, 0.1) is 12.5 Å². The van der Waals surface area contributed by atoms with Gasteiger partial charge in [0.1, 0.15) is 23.4 Å². The summed E-state index contributed by atoms with van der Waals surface area (Å²) in [5.74, 6) is 2.65. The van der Waals surface area contributed by atoms with Gasteiger partial charge in [-0.05, 0) is 53.5 Å². The highest BCUT2D eigenvalue weighted by Crippen LogP contribution is 2.39. The molecule has 3 nitrogen and oxygen atoms in total. The predicted molar refractivity (Wildman–Crippen MR) is 117 cm³/mol. The lowest BCUT2D eigenvalue weighted by atomic mass is 9.97. The number of allylic oxidation sites excluding steroid dienone is 2. The van der Waals surface area contributed by atoms with E-state index in [1.807, 2.05) is 18.4 Å². The largest absolute Gasteiger partial charge is 0.488 e. The van der Waals surface area contributed by atoms with Crippen molar-refractivity contribution in [3.8, 4) is 11.5 Å². The molecule has 1 atom stereocenters. The normalized spacial score (nSPS) is 18.1. The smallest absolute Gasteiger partial charge is 0.146 e. The number of hydrogen-bond acceptors (Lipinski definition) is 3. The van der Waals surface area contributed by atoms with Crippen molar-refractivity contribution in [3.05, 3.63) is 112 Å². The molecule has 0 radical (unpaired) electrons. The fourth-order valence-electron chi connectivity index (χ4n) is 4.21. The molecule has 3 aliphatic rings. The Morgan fingerprint density at radius 1 is 0.833 bits per heavy atom. The molecule has 3 aliphatic heterocycles. The SMILES string of the molecule is C1=COc2cc(C3=CCc4cccc(C5C=c6ccccc6=CO5)c4O3)ccc2C1. The van der Waals surface area contributed by atoms with Crippen LogP contribution in [0.15, 0.2) is 79.1 Å². The van der Waals surface area contributed by atoms with Crippen LogP contribution in [0.2, 0.25) is 0 Å². The van der Waals surface area contributed by atoms with Gasteiger partial charge in [-0.1, -0.05) is 54.6 Å².